The second-order valence-corrected chi connectivity index (χ2v) is 8.15. The quantitative estimate of drug-likeness (QED) is 0.705. The molecule has 0 atom stereocenters. The van der Waals surface area contributed by atoms with Gasteiger partial charge < -0.3 is 4.74 Å². The first kappa shape index (κ1) is 20.8. The number of primary sulfonamides is 1. The van der Waals surface area contributed by atoms with E-state index in [-0.39, 0.29) is 10.8 Å². The van der Waals surface area contributed by atoms with Crippen LogP contribution >= 0.6 is 0 Å². The van der Waals surface area contributed by atoms with Crippen molar-refractivity contribution in [3.63, 3.8) is 0 Å². The van der Waals surface area contributed by atoms with E-state index in [4.69, 9.17) is 9.88 Å². The summed E-state index contributed by atoms with van der Waals surface area (Å²) >= 11 is 0. The monoisotopic (exact) mass is 413 g/mol. The number of hydrogen-bond acceptors (Lipinski definition) is 5. The molecule has 0 saturated heterocycles. The van der Waals surface area contributed by atoms with Crippen LogP contribution in [0.2, 0.25) is 0 Å². The number of amides is 1. The molecule has 3 rings (SSSR count). The molecule has 2 aromatic carbocycles. The SMILES string of the molecule is CCOc1ccc(/C=C2\N=C(C)N(CCc3ccc(S(N)(=O)=O)cc3)C2=O)cc1. The molecule has 0 fully saturated rings. The average Bonchev–Trinajstić information content (AvgIpc) is 2.94. The molecule has 0 bridgehead atoms. The van der Waals surface area contributed by atoms with Crippen LogP contribution in [0.25, 0.3) is 6.08 Å². The lowest BCUT2D eigenvalue weighted by Crippen LogP contribution is -2.32. The Morgan fingerprint density at radius 3 is 2.34 bits per heavy atom. The minimum Gasteiger partial charge on any atom is -0.494 e. The number of rotatable bonds is 7. The molecular formula is C21H23N3O4S. The van der Waals surface area contributed by atoms with Crippen molar-refractivity contribution < 1.29 is 17.9 Å². The lowest BCUT2D eigenvalue weighted by molar-refractivity contribution is -0.122. The molecule has 0 unspecified atom stereocenters. The normalized spacial score (nSPS) is 15.7. The predicted molar refractivity (Wildman–Crippen MR) is 112 cm³/mol. The van der Waals surface area contributed by atoms with Crippen LogP contribution in [0.3, 0.4) is 0 Å². The summed E-state index contributed by atoms with van der Waals surface area (Å²) in [7, 11) is -3.71. The Kier molecular flexibility index (Phi) is 6.14. The van der Waals surface area contributed by atoms with E-state index in [2.05, 4.69) is 4.99 Å². The number of nitrogens with two attached hydrogens (primary N) is 1. The van der Waals surface area contributed by atoms with Gasteiger partial charge in [-0.25, -0.2) is 18.5 Å². The van der Waals surface area contributed by atoms with Crippen LogP contribution in [0.15, 0.2) is 64.1 Å². The molecule has 7 nitrogen and oxygen atoms in total. The summed E-state index contributed by atoms with van der Waals surface area (Å²) < 4.78 is 28.1. The van der Waals surface area contributed by atoms with E-state index < -0.39 is 10.0 Å². The number of carbonyl (C=O) groups excluding carboxylic acids is 1. The first-order valence-electron chi connectivity index (χ1n) is 9.21. The van der Waals surface area contributed by atoms with Crippen LogP contribution in [0.4, 0.5) is 0 Å². The van der Waals surface area contributed by atoms with E-state index in [0.29, 0.717) is 31.1 Å². The molecule has 0 aliphatic carbocycles. The zero-order valence-electron chi connectivity index (χ0n) is 16.3. The Balaban J connectivity index is 1.66. The second-order valence-electron chi connectivity index (χ2n) is 6.59. The van der Waals surface area contributed by atoms with Gasteiger partial charge in [-0.3, -0.25) is 9.69 Å². The highest BCUT2D eigenvalue weighted by atomic mass is 32.2. The van der Waals surface area contributed by atoms with Gasteiger partial charge in [-0.15, -0.1) is 0 Å². The summed E-state index contributed by atoms with van der Waals surface area (Å²) in [4.78, 5) is 18.8. The molecule has 1 heterocycles. The van der Waals surface area contributed by atoms with Crippen molar-refractivity contribution in [1.29, 1.82) is 0 Å². The van der Waals surface area contributed by atoms with Crippen molar-refractivity contribution in [3.8, 4) is 5.75 Å². The van der Waals surface area contributed by atoms with Crippen LogP contribution in [-0.2, 0) is 21.2 Å². The standard InChI is InChI=1S/C21H23N3O4S/c1-3-28-18-8-4-17(5-9-18)14-20-21(25)24(15(2)23-20)13-12-16-6-10-19(11-7-16)29(22,26)27/h4-11,14H,3,12-13H2,1-2H3,(H2,22,26,27)/b20-14-. The molecule has 1 aliphatic heterocycles. The summed E-state index contributed by atoms with van der Waals surface area (Å²) in [6.07, 6.45) is 2.32. The zero-order chi connectivity index (χ0) is 21.0. The van der Waals surface area contributed by atoms with Crippen LogP contribution < -0.4 is 9.88 Å². The highest BCUT2D eigenvalue weighted by molar-refractivity contribution is 7.89. The lowest BCUT2D eigenvalue weighted by Gasteiger charge is -2.15. The number of ether oxygens (including phenoxy) is 1. The third kappa shape index (κ3) is 5.10. The summed E-state index contributed by atoms with van der Waals surface area (Å²) in [5, 5.41) is 5.11. The number of amidine groups is 1. The lowest BCUT2D eigenvalue weighted by atomic mass is 10.1. The maximum Gasteiger partial charge on any atom is 0.277 e. The summed E-state index contributed by atoms with van der Waals surface area (Å²) in [5.74, 6) is 1.26. The maximum atomic E-state index is 12.7. The minimum absolute atomic E-state index is 0.0665. The molecule has 2 aromatic rings. The molecule has 1 amide bonds. The third-order valence-electron chi connectivity index (χ3n) is 4.51. The molecule has 8 heteroatoms. The fourth-order valence-corrected chi connectivity index (χ4v) is 3.51. The summed E-state index contributed by atoms with van der Waals surface area (Å²) in [6.45, 7) is 4.76. The van der Waals surface area contributed by atoms with Crippen molar-refractivity contribution in [2.24, 2.45) is 10.1 Å². The van der Waals surface area contributed by atoms with E-state index in [1.54, 1.807) is 30.0 Å². The van der Waals surface area contributed by atoms with E-state index in [1.807, 2.05) is 31.2 Å². The van der Waals surface area contributed by atoms with E-state index in [9.17, 15) is 13.2 Å². The Morgan fingerprint density at radius 2 is 1.76 bits per heavy atom. The molecule has 0 spiro atoms. The van der Waals surface area contributed by atoms with Gasteiger partial charge in [0.15, 0.2) is 0 Å². The number of aliphatic imine (C=N–C) groups is 1. The van der Waals surface area contributed by atoms with Crippen LogP contribution in [0.1, 0.15) is 25.0 Å². The fourth-order valence-electron chi connectivity index (χ4n) is 3.00. The molecule has 152 valence electrons. The predicted octanol–water partition coefficient (Wildman–Crippen LogP) is 2.58. The van der Waals surface area contributed by atoms with Crippen molar-refractivity contribution in [2.45, 2.75) is 25.2 Å². The van der Waals surface area contributed by atoms with Gasteiger partial charge in [-0.1, -0.05) is 24.3 Å². The minimum atomic E-state index is -3.71. The van der Waals surface area contributed by atoms with Gasteiger partial charge in [-0.05, 0) is 61.7 Å². The van der Waals surface area contributed by atoms with Gasteiger partial charge in [0.1, 0.15) is 17.3 Å². The molecule has 1 aliphatic rings. The summed E-state index contributed by atoms with van der Waals surface area (Å²) in [5.41, 5.74) is 2.16. The van der Waals surface area contributed by atoms with Crippen molar-refractivity contribution in [2.75, 3.05) is 13.2 Å². The van der Waals surface area contributed by atoms with E-state index >= 15 is 0 Å². The number of benzene rings is 2. The number of carbonyl (C=O) groups is 1. The van der Waals surface area contributed by atoms with Crippen molar-refractivity contribution >= 4 is 27.8 Å². The van der Waals surface area contributed by atoms with Gasteiger partial charge in [0.2, 0.25) is 10.0 Å². The van der Waals surface area contributed by atoms with Gasteiger partial charge in [0, 0.05) is 6.54 Å². The van der Waals surface area contributed by atoms with Crippen molar-refractivity contribution in [3.05, 3.63) is 65.4 Å². The Labute approximate surface area is 170 Å². The first-order valence-corrected chi connectivity index (χ1v) is 10.8. The number of hydrogen-bond donors (Lipinski definition) is 1. The number of nitrogens with zero attached hydrogens (tertiary/aromatic N) is 2. The molecule has 0 aromatic heterocycles. The molecular weight excluding hydrogens is 390 g/mol. The smallest absolute Gasteiger partial charge is 0.277 e. The second kappa shape index (κ2) is 8.59. The van der Waals surface area contributed by atoms with Gasteiger partial charge in [-0.2, -0.15) is 0 Å². The Hall–Kier alpha value is -2.97. The first-order chi connectivity index (χ1) is 13.8. The van der Waals surface area contributed by atoms with Crippen LogP contribution in [0.5, 0.6) is 5.75 Å². The molecule has 29 heavy (non-hydrogen) atoms. The maximum absolute atomic E-state index is 12.7. The zero-order valence-corrected chi connectivity index (χ0v) is 17.1. The van der Waals surface area contributed by atoms with Gasteiger partial charge >= 0.3 is 0 Å². The third-order valence-corrected chi connectivity index (χ3v) is 5.44. The van der Waals surface area contributed by atoms with E-state index in [1.165, 1.54) is 12.1 Å². The van der Waals surface area contributed by atoms with Gasteiger partial charge in [0.25, 0.3) is 5.91 Å². The molecule has 0 saturated carbocycles. The van der Waals surface area contributed by atoms with Crippen LogP contribution in [0, 0.1) is 0 Å². The average molecular weight is 413 g/mol. The highest BCUT2D eigenvalue weighted by Gasteiger charge is 2.27. The van der Waals surface area contributed by atoms with Crippen LogP contribution in [-0.4, -0.2) is 38.2 Å². The summed E-state index contributed by atoms with van der Waals surface area (Å²) in [6, 6.07) is 13.8. The Morgan fingerprint density at radius 1 is 1.10 bits per heavy atom. The molecule has 0 radical (unpaired) electrons. The number of sulfonamides is 1. The molecule has 2 N–H and O–H groups in total. The fraction of sp³-hybridized carbons (Fsp3) is 0.238. The largest absolute Gasteiger partial charge is 0.494 e. The highest BCUT2D eigenvalue weighted by Crippen LogP contribution is 2.21. The topological polar surface area (TPSA) is 102 Å². The van der Waals surface area contributed by atoms with Crippen molar-refractivity contribution in [1.82, 2.24) is 4.90 Å². The Bertz CT molecular complexity index is 1060. The van der Waals surface area contributed by atoms with E-state index in [0.717, 1.165) is 16.9 Å². The van der Waals surface area contributed by atoms with Gasteiger partial charge in [0.05, 0.1) is 11.5 Å².